The summed E-state index contributed by atoms with van der Waals surface area (Å²) in [4.78, 5) is 17.7. The lowest BCUT2D eigenvalue weighted by molar-refractivity contribution is 0.0741. The van der Waals surface area contributed by atoms with Gasteiger partial charge in [0.05, 0.1) is 0 Å². The molecule has 0 aliphatic heterocycles. The Kier molecular flexibility index (Phi) is 4.08. The molecule has 2 N–H and O–H groups in total. The lowest BCUT2D eigenvalue weighted by Crippen LogP contribution is -2.34. The minimum atomic E-state index is -0.0286. The van der Waals surface area contributed by atoms with Gasteiger partial charge in [0.1, 0.15) is 5.69 Å². The second kappa shape index (κ2) is 5.11. The number of thiazole rings is 1. The molecule has 1 aromatic heterocycles. The van der Waals surface area contributed by atoms with Crippen molar-refractivity contribution >= 4 is 22.4 Å². The summed E-state index contributed by atoms with van der Waals surface area (Å²) in [6, 6.07) is 0. The van der Waals surface area contributed by atoms with Gasteiger partial charge in [-0.3, -0.25) is 4.79 Å². The van der Waals surface area contributed by atoms with Crippen molar-refractivity contribution in [2.75, 3.05) is 18.8 Å². The first kappa shape index (κ1) is 12.0. The van der Waals surface area contributed by atoms with E-state index in [0.29, 0.717) is 23.3 Å². The molecule has 4 nitrogen and oxygen atoms in total. The Morgan fingerprint density at radius 1 is 1.67 bits per heavy atom. The predicted molar refractivity (Wildman–Crippen MR) is 62.9 cm³/mol. The van der Waals surface area contributed by atoms with E-state index in [1.165, 1.54) is 11.3 Å². The van der Waals surface area contributed by atoms with Crippen LogP contribution in [0.25, 0.3) is 0 Å². The zero-order chi connectivity index (χ0) is 11.4. The minimum Gasteiger partial charge on any atom is -0.375 e. The van der Waals surface area contributed by atoms with Gasteiger partial charge in [-0.25, -0.2) is 4.98 Å². The molecule has 1 rings (SSSR count). The average molecular weight is 227 g/mol. The van der Waals surface area contributed by atoms with Crippen LogP contribution in [0, 0.1) is 5.92 Å². The molecule has 15 heavy (non-hydrogen) atoms. The van der Waals surface area contributed by atoms with E-state index in [2.05, 4.69) is 18.8 Å². The second-order valence-electron chi connectivity index (χ2n) is 3.81. The van der Waals surface area contributed by atoms with Gasteiger partial charge in [-0.1, -0.05) is 13.8 Å². The molecule has 0 bridgehead atoms. The number of aromatic nitrogens is 1. The standard InChI is InChI=1S/C10H17N3OS/c1-4-13(5-7(2)3)9(14)8-6-15-10(11)12-8/h6-7H,4-5H2,1-3H3,(H2,11,12). The van der Waals surface area contributed by atoms with Gasteiger partial charge in [0, 0.05) is 18.5 Å². The summed E-state index contributed by atoms with van der Waals surface area (Å²) in [6.45, 7) is 7.61. The first-order chi connectivity index (χ1) is 7.04. The third kappa shape index (κ3) is 3.20. The van der Waals surface area contributed by atoms with Gasteiger partial charge in [0.15, 0.2) is 5.13 Å². The highest BCUT2D eigenvalue weighted by molar-refractivity contribution is 7.13. The summed E-state index contributed by atoms with van der Waals surface area (Å²) in [5.41, 5.74) is 5.95. The number of nitrogens with zero attached hydrogens (tertiary/aromatic N) is 2. The van der Waals surface area contributed by atoms with Crippen molar-refractivity contribution in [1.29, 1.82) is 0 Å². The summed E-state index contributed by atoms with van der Waals surface area (Å²) in [5.74, 6) is 0.434. The normalized spacial score (nSPS) is 10.7. The number of amides is 1. The molecule has 0 aliphatic rings. The molecule has 1 heterocycles. The fraction of sp³-hybridized carbons (Fsp3) is 0.600. The number of nitrogen functional groups attached to an aromatic ring is 1. The fourth-order valence-corrected chi connectivity index (χ4v) is 1.88. The van der Waals surface area contributed by atoms with Crippen LogP contribution in [0.3, 0.4) is 0 Å². The highest BCUT2D eigenvalue weighted by Crippen LogP contribution is 2.13. The monoisotopic (exact) mass is 227 g/mol. The Labute approximate surface area is 94.1 Å². The molecular formula is C10H17N3OS. The van der Waals surface area contributed by atoms with Crippen LogP contribution in [-0.4, -0.2) is 28.9 Å². The zero-order valence-electron chi connectivity index (χ0n) is 9.36. The molecule has 0 saturated heterocycles. The van der Waals surface area contributed by atoms with Crippen LogP contribution in [0.15, 0.2) is 5.38 Å². The molecule has 1 amide bonds. The quantitative estimate of drug-likeness (QED) is 0.854. The number of nitrogens with two attached hydrogens (primary N) is 1. The van der Waals surface area contributed by atoms with Crippen LogP contribution in [0.1, 0.15) is 31.3 Å². The van der Waals surface area contributed by atoms with E-state index in [-0.39, 0.29) is 5.91 Å². The largest absolute Gasteiger partial charge is 0.375 e. The second-order valence-corrected chi connectivity index (χ2v) is 4.70. The highest BCUT2D eigenvalue weighted by atomic mass is 32.1. The first-order valence-corrected chi connectivity index (χ1v) is 5.92. The predicted octanol–water partition coefficient (Wildman–Crippen LogP) is 1.84. The number of rotatable bonds is 4. The molecule has 0 fully saturated rings. The molecule has 0 spiro atoms. The van der Waals surface area contributed by atoms with Crippen LogP contribution >= 0.6 is 11.3 Å². The first-order valence-electron chi connectivity index (χ1n) is 5.04. The number of anilines is 1. The molecule has 0 atom stereocenters. The van der Waals surface area contributed by atoms with Crippen molar-refractivity contribution < 1.29 is 4.79 Å². The highest BCUT2D eigenvalue weighted by Gasteiger charge is 2.17. The smallest absolute Gasteiger partial charge is 0.273 e. The molecule has 5 heteroatoms. The SMILES string of the molecule is CCN(CC(C)C)C(=O)c1csc(N)n1. The molecule has 0 radical (unpaired) electrons. The van der Waals surface area contributed by atoms with Gasteiger partial charge in [-0.15, -0.1) is 11.3 Å². The number of carbonyl (C=O) groups excluding carboxylic acids is 1. The van der Waals surface area contributed by atoms with Crippen LogP contribution in [0.2, 0.25) is 0 Å². The summed E-state index contributed by atoms with van der Waals surface area (Å²) in [7, 11) is 0. The van der Waals surface area contributed by atoms with E-state index >= 15 is 0 Å². The van der Waals surface area contributed by atoms with Crippen molar-refractivity contribution in [3.63, 3.8) is 0 Å². The van der Waals surface area contributed by atoms with Crippen molar-refractivity contribution in [2.24, 2.45) is 5.92 Å². The van der Waals surface area contributed by atoms with Crippen molar-refractivity contribution in [3.05, 3.63) is 11.1 Å². The van der Waals surface area contributed by atoms with Gasteiger partial charge in [0.2, 0.25) is 0 Å². The molecule has 84 valence electrons. The van der Waals surface area contributed by atoms with E-state index in [4.69, 9.17) is 5.73 Å². The van der Waals surface area contributed by atoms with E-state index < -0.39 is 0 Å². The number of carbonyl (C=O) groups is 1. The summed E-state index contributed by atoms with van der Waals surface area (Å²) >= 11 is 1.30. The zero-order valence-corrected chi connectivity index (χ0v) is 10.2. The van der Waals surface area contributed by atoms with Crippen LogP contribution in [0.5, 0.6) is 0 Å². The van der Waals surface area contributed by atoms with E-state index in [0.717, 1.165) is 6.54 Å². The third-order valence-corrected chi connectivity index (χ3v) is 2.67. The molecule has 0 aromatic carbocycles. The minimum absolute atomic E-state index is 0.0286. The van der Waals surface area contributed by atoms with Gasteiger partial charge in [-0.2, -0.15) is 0 Å². The van der Waals surface area contributed by atoms with Crippen LogP contribution in [0.4, 0.5) is 5.13 Å². The average Bonchev–Trinajstić information content (AvgIpc) is 2.60. The Hall–Kier alpha value is -1.10. The summed E-state index contributed by atoms with van der Waals surface area (Å²) < 4.78 is 0. The number of hydrogen-bond donors (Lipinski definition) is 1. The van der Waals surface area contributed by atoms with Gasteiger partial charge in [0.25, 0.3) is 5.91 Å². The lowest BCUT2D eigenvalue weighted by atomic mass is 10.2. The summed E-state index contributed by atoms with van der Waals surface area (Å²) in [6.07, 6.45) is 0. The van der Waals surface area contributed by atoms with E-state index in [1.54, 1.807) is 10.3 Å². The fourth-order valence-electron chi connectivity index (χ4n) is 1.34. The van der Waals surface area contributed by atoms with Crippen molar-refractivity contribution in [2.45, 2.75) is 20.8 Å². The topological polar surface area (TPSA) is 59.2 Å². The summed E-state index contributed by atoms with van der Waals surface area (Å²) in [5, 5.41) is 2.15. The van der Waals surface area contributed by atoms with E-state index in [1.807, 2.05) is 6.92 Å². The maximum atomic E-state index is 11.9. The van der Waals surface area contributed by atoms with E-state index in [9.17, 15) is 4.79 Å². The Balaban J connectivity index is 2.73. The van der Waals surface area contributed by atoms with Crippen molar-refractivity contribution in [1.82, 2.24) is 9.88 Å². The molecular weight excluding hydrogens is 210 g/mol. The maximum Gasteiger partial charge on any atom is 0.273 e. The Bertz CT molecular complexity index is 335. The molecule has 0 unspecified atom stereocenters. The van der Waals surface area contributed by atoms with Gasteiger partial charge >= 0.3 is 0 Å². The molecule has 0 aliphatic carbocycles. The maximum absolute atomic E-state index is 11.9. The van der Waals surface area contributed by atoms with Crippen LogP contribution in [-0.2, 0) is 0 Å². The lowest BCUT2D eigenvalue weighted by Gasteiger charge is -2.21. The third-order valence-electron chi connectivity index (χ3n) is 2.00. The van der Waals surface area contributed by atoms with Crippen molar-refractivity contribution in [3.8, 4) is 0 Å². The van der Waals surface area contributed by atoms with Gasteiger partial charge in [-0.05, 0) is 12.8 Å². The Morgan fingerprint density at radius 2 is 2.33 bits per heavy atom. The van der Waals surface area contributed by atoms with Crippen LogP contribution < -0.4 is 5.73 Å². The molecule has 1 aromatic rings. The van der Waals surface area contributed by atoms with Gasteiger partial charge < -0.3 is 10.6 Å². The Morgan fingerprint density at radius 3 is 2.73 bits per heavy atom. The number of hydrogen-bond acceptors (Lipinski definition) is 4. The molecule has 0 saturated carbocycles.